The zero-order valence-electron chi connectivity index (χ0n) is 8.23. The van der Waals surface area contributed by atoms with Crippen LogP contribution in [0.2, 0.25) is 0 Å². The Hall–Kier alpha value is -1.77. The zero-order chi connectivity index (χ0) is 10.1. The van der Waals surface area contributed by atoms with Crippen LogP contribution in [-0.2, 0) is 7.05 Å². The van der Waals surface area contributed by atoms with Crippen LogP contribution in [0.15, 0.2) is 30.5 Å². The van der Waals surface area contributed by atoms with Gasteiger partial charge in [-0.3, -0.25) is 0 Å². The van der Waals surface area contributed by atoms with Crippen LogP contribution in [0, 0.1) is 6.92 Å². The summed E-state index contributed by atoms with van der Waals surface area (Å²) >= 11 is 0. The fourth-order valence-corrected chi connectivity index (χ4v) is 1.45. The Labute approximate surface area is 82.6 Å². The van der Waals surface area contributed by atoms with E-state index in [1.165, 1.54) is 10.2 Å². The third-order valence-electron chi connectivity index (χ3n) is 2.24. The molecule has 72 valence electrons. The van der Waals surface area contributed by atoms with E-state index in [1.54, 1.807) is 13.2 Å². The molecule has 1 aromatic carbocycles. The van der Waals surface area contributed by atoms with Crippen molar-refractivity contribution in [3.8, 4) is 17.0 Å². The van der Waals surface area contributed by atoms with Crippen molar-refractivity contribution in [2.75, 3.05) is 0 Å². The lowest BCUT2D eigenvalue weighted by molar-refractivity contribution is 0.421. The molecule has 3 heteroatoms. The zero-order valence-corrected chi connectivity index (χ0v) is 8.23. The number of aromatic nitrogens is 2. The Morgan fingerprint density at radius 3 is 2.71 bits per heavy atom. The predicted molar refractivity (Wildman–Crippen MR) is 55.0 cm³/mol. The Morgan fingerprint density at radius 1 is 1.36 bits per heavy atom. The van der Waals surface area contributed by atoms with Crippen molar-refractivity contribution in [3.05, 3.63) is 36.0 Å². The fourth-order valence-electron chi connectivity index (χ4n) is 1.45. The quantitative estimate of drug-likeness (QED) is 0.744. The summed E-state index contributed by atoms with van der Waals surface area (Å²) in [5.41, 5.74) is 2.94. The summed E-state index contributed by atoms with van der Waals surface area (Å²) in [5.74, 6) is 0.204. The van der Waals surface area contributed by atoms with Crippen LogP contribution in [0.25, 0.3) is 11.1 Å². The van der Waals surface area contributed by atoms with E-state index in [9.17, 15) is 5.11 Å². The van der Waals surface area contributed by atoms with Gasteiger partial charge in [-0.15, -0.1) is 0 Å². The molecule has 0 saturated heterocycles. The summed E-state index contributed by atoms with van der Waals surface area (Å²) in [4.78, 5) is 0. The van der Waals surface area contributed by atoms with E-state index >= 15 is 0 Å². The van der Waals surface area contributed by atoms with Crippen molar-refractivity contribution in [1.82, 2.24) is 9.78 Å². The molecular weight excluding hydrogens is 176 g/mol. The molecule has 0 bridgehead atoms. The van der Waals surface area contributed by atoms with Gasteiger partial charge in [-0.1, -0.05) is 29.8 Å². The SMILES string of the molecule is Cc1cccc(-c2cnn(C)c2O)c1. The highest BCUT2D eigenvalue weighted by Gasteiger charge is 2.08. The minimum absolute atomic E-state index is 0.204. The van der Waals surface area contributed by atoms with Crippen molar-refractivity contribution >= 4 is 0 Å². The molecule has 0 aliphatic heterocycles. The maximum absolute atomic E-state index is 9.68. The van der Waals surface area contributed by atoms with Crippen molar-refractivity contribution in [2.24, 2.45) is 7.05 Å². The van der Waals surface area contributed by atoms with Gasteiger partial charge in [0.15, 0.2) is 0 Å². The fraction of sp³-hybridized carbons (Fsp3) is 0.182. The lowest BCUT2D eigenvalue weighted by Gasteiger charge is -2.00. The molecule has 0 aliphatic carbocycles. The van der Waals surface area contributed by atoms with Gasteiger partial charge in [-0.05, 0) is 12.5 Å². The van der Waals surface area contributed by atoms with E-state index < -0.39 is 0 Å². The van der Waals surface area contributed by atoms with E-state index in [0.29, 0.717) is 0 Å². The average Bonchev–Trinajstić information content (AvgIpc) is 2.48. The summed E-state index contributed by atoms with van der Waals surface area (Å²) in [5, 5.41) is 13.7. The molecule has 0 amide bonds. The van der Waals surface area contributed by atoms with Gasteiger partial charge >= 0.3 is 0 Å². The molecule has 0 fully saturated rings. The lowest BCUT2D eigenvalue weighted by Crippen LogP contribution is -1.87. The first-order valence-electron chi connectivity index (χ1n) is 4.46. The Balaban J connectivity index is 2.55. The van der Waals surface area contributed by atoms with Gasteiger partial charge in [-0.2, -0.15) is 5.10 Å². The second kappa shape index (κ2) is 3.18. The molecule has 3 nitrogen and oxygen atoms in total. The number of aromatic hydroxyl groups is 1. The Bertz CT molecular complexity index is 460. The van der Waals surface area contributed by atoms with Crippen molar-refractivity contribution in [2.45, 2.75) is 6.92 Å². The highest BCUT2D eigenvalue weighted by atomic mass is 16.3. The van der Waals surface area contributed by atoms with Gasteiger partial charge in [0.25, 0.3) is 0 Å². The summed E-state index contributed by atoms with van der Waals surface area (Å²) in [7, 11) is 1.72. The minimum atomic E-state index is 0.204. The van der Waals surface area contributed by atoms with E-state index in [2.05, 4.69) is 5.10 Å². The molecule has 0 spiro atoms. The van der Waals surface area contributed by atoms with Gasteiger partial charge < -0.3 is 5.11 Å². The molecule has 1 N–H and O–H groups in total. The van der Waals surface area contributed by atoms with Crippen LogP contribution in [-0.4, -0.2) is 14.9 Å². The first-order valence-corrected chi connectivity index (χ1v) is 4.46. The Morgan fingerprint density at radius 2 is 2.14 bits per heavy atom. The summed E-state index contributed by atoms with van der Waals surface area (Å²) < 4.78 is 1.46. The van der Waals surface area contributed by atoms with E-state index in [0.717, 1.165) is 11.1 Å². The number of benzene rings is 1. The van der Waals surface area contributed by atoms with Crippen molar-refractivity contribution in [3.63, 3.8) is 0 Å². The number of hydrogen-bond donors (Lipinski definition) is 1. The van der Waals surface area contributed by atoms with Crippen LogP contribution in [0.1, 0.15) is 5.56 Å². The predicted octanol–water partition coefficient (Wildman–Crippen LogP) is 2.10. The molecule has 0 unspecified atom stereocenters. The smallest absolute Gasteiger partial charge is 0.217 e. The first-order chi connectivity index (χ1) is 6.68. The highest BCUT2D eigenvalue weighted by Crippen LogP contribution is 2.28. The van der Waals surface area contributed by atoms with Crippen LogP contribution < -0.4 is 0 Å². The third kappa shape index (κ3) is 1.37. The summed E-state index contributed by atoms with van der Waals surface area (Å²) in [6, 6.07) is 7.98. The Kier molecular flexibility index (Phi) is 2.00. The standard InChI is InChI=1S/C11H12N2O/c1-8-4-3-5-9(6-8)10-7-12-13(2)11(10)14/h3-7,14H,1-2H3. The first kappa shape index (κ1) is 8.81. The van der Waals surface area contributed by atoms with Crippen LogP contribution in [0.3, 0.4) is 0 Å². The van der Waals surface area contributed by atoms with Crippen LogP contribution in [0.5, 0.6) is 5.88 Å². The second-order valence-electron chi connectivity index (χ2n) is 3.37. The second-order valence-corrected chi connectivity index (χ2v) is 3.37. The van der Waals surface area contributed by atoms with Gasteiger partial charge in [0, 0.05) is 7.05 Å². The minimum Gasteiger partial charge on any atom is -0.493 e. The molecule has 0 aliphatic rings. The molecule has 1 heterocycles. The molecule has 0 radical (unpaired) electrons. The lowest BCUT2D eigenvalue weighted by atomic mass is 10.1. The van der Waals surface area contributed by atoms with E-state index in [-0.39, 0.29) is 5.88 Å². The maximum Gasteiger partial charge on any atom is 0.217 e. The topological polar surface area (TPSA) is 38.0 Å². The maximum atomic E-state index is 9.68. The molecule has 14 heavy (non-hydrogen) atoms. The van der Waals surface area contributed by atoms with Gasteiger partial charge in [0.2, 0.25) is 5.88 Å². The summed E-state index contributed by atoms with van der Waals surface area (Å²) in [6.07, 6.45) is 1.67. The molecule has 2 aromatic rings. The van der Waals surface area contributed by atoms with Gasteiger partial charge in [0.1, 0.15) is 0 Å². The van der Waals surface area contributed by atoms with E-state index in [1.807, 2.05) is 31.2 Å². The average molecular weight is 188 g/mol. The van der Waals surface area contributed by atoms with Crippen LogP contribution >= 0.6 is 0 Å². The van der Waals surface area contributed by atoms with Gasteiger partial charge in [-0.25, -0.2) is 4.68 Å². The summed E-state index contributed by atoms with van der Waals surface area (Å²) in [6.45, 7) is 2.02. The number of nitrogens with zero attached hydrogens (tertiary/aromatic N) is 2. The van der Waals surface area contributed by atoms with Crippen LogP contribution in [0.4, 0.5) is 0 Å². The van der Waals surface area contributed by atoms with Crippen molar-refractivity contribution < 1.29 is 5.11 Å². The molecule has 0 atom stereocenters. The molecular formula is C11H12N2O. The molecule has 2 rings (SSSR count). The third-order valence-corrected chi connectivity index (χ3v) is 2.24. The molecule has 1 aromatic heterocycles. The number of rotatable bonds is 1. The number of aryl methyl sites for hydroxylation is 2. The number of hydrogen-bond acceptors (Lipinski definition) is 2. The largest absolute Gasteiger partial charge is 0.493 e. The highest BCUT2D eigenvalue weighted by molar-refractivity contribution is 5.68. The molecule has 0 saturated carbocycles. The monoisotopic (exact) mass is 188 g/mol. The van der Waals surface area contributed by atoms with E-state index in [4.69, 9.17) is 0 Å². The van der Waals surface area contributed by atoms with Gasteiger partial charge in [0.05, 0.1) is 11.8 Å². The normalized spacial score (nSPS) is 10.4. The van der Waals surface area contributed by atoms with Crippen molar-refractivity contribution in [1.29, 1.82) is 0 Å².